The summed E-state index contributed by atoms with van der Waals surface area (Å²) in [4.78, 5) is 12.1. The van der Waals surface area contributed by atoms with E-state index in [1.165, 1.54) is 5.56 Å². The number of hydrogen-bond acceptors (Lipinski definition) is 2. The van der Waals surface area contributed by atoms with Gasteiger partial charge in [0.15, 0.2) is 0 Å². The van der Waals surface area contributed by atoms with Crippen LogP contribution in [0, 0.1) is 0 Å². The fraction of sp³-hybridized carbons (Fsp3) is 0.133. The summed E-state index contributed by atoms with van der Waals surface area (Å²) in [7, 11) is 0. The van der Waals surface area contributed by atoms with Crippen molar-refractivity contribution in [3.05, 3.63) is 63.6 Å². The van der Waals surface area contributed by atoms with Gasteiger partial charge < -0.3 is 5.32 Å². The molecule has 2 rings (SSSR count). The maximum absolute atomic E-state index is 12.1. The summed E-state index contributed by atoms with van der Waals surface area (Å²) in [6.07, 6.45) is 2.04. The number of anilines is 1. The highest BCUT2D eigenvalue weighted by Gasteiger charge is 2.08. The largest absolute Gasteiger partial charge is 0.321 e. The first-order valence-electron chi connectivity index (χ1n) is 5.94. The van der Waals surface area contributed by atoms with Crippen molar-refractivity contribution < 1.29 is 4.79 Å². The topological polar surface area (TPSA) is 29.1 Å². The van der Waals surface area contributed by atoms with E-state index in [-0.39, 0.29) is 5.91 Å². The summed E-state index contributed by atoms with van der Waals surface area (Å²) in [5.41, 5.74) is 2.34. The van der Waals surface area contributed by atoms with E-state index in [1.54, 1.807) is 30.0 Å². The van der Waals surface area contributed by atoms with Gasteiger partial charge in [-0.05, 0) is 42.2 Å². The molecular formula is C15H13Cl2NOS. The molecule has 0 fully saturated rings. The molecule has 0 bridgehead atoms. The molecule has 2 nitrogen and oxygen atoms in total. The summed E-state index contributed by atoms with van der Waals surface area (Å²) in [5.74, 6) is 0.746. The van der Waals surface area contributed by atoms with Crippen LogP contribution in [0.1, 0.15) is 15.9 Å². The Hall–Kier alpha value is -1.16. The molecule has 1 N–H and O–H groups in total. The van der Waals surface area contributed by atoms with Gasteiger partial charge in [0.05, 0.1) is 10.7 Å². The first-order valence-corrected chi connectivity index (χ1v) is 8.09. The fourth-order valence-electron chi connectivity index (χ4n) is 1.70. The molecule has 0 saturated heterocycles. The Bertz CT molecular complexity index is 614. The SMILES string of the molecule is CSCc1ccc(C(=O)Nc2ccc(Cl)cc2Cl)cc1. The Balaban J connectivity index is 2.11. The number of rotatable bonds is 4. The Morgan fingerprint density at radius 2 is 1.85 bits per heavy atom. The van der Waals surface area contributed by atoms with Gasteiger partial charge in [0.1, 0.15) is 0 Å². The van der Waals surface area contributed by atoms with Crippen molar-refractivity contribution in [1.29, 1.82) is 0 Å². The Morgan fingerprint density at radius 3 is 2.45 bits per heavy atom. The highest BCUT2D eigenvalue weighted by molar-refractivity contribution is 7.97. The minimum absolute atomic E-state index is 0.190. The van der Waals surface area contributed by atoms with Crippen LogP contribution in [0.3, 0.4) is 0 Å². The fourth-order valence-corrected chi connectivity index (χ4v) is 2.69. The van der Waals surface area contributed by atoms with Crippen LogP contribution in [-0.4, -0.2) is 12.2 Å². The van der Waals surface area contributed by atoms with Gasteiger partial charge in [-0.15, -0.1) is 0 Å². The molecule has 104 valence electrons. The van der Waals surface area contributed by atoms with Gasteiger partial charge in [0, 0.05) is 16.3 Å². The molecule has 0 aliphatic rings. The third-order valence-electron chi connectivity index (χ3n) is 2.71. The van der Waals surface area contributed by atoms with E-state index in [9.17, 15) is 4.79 Å². The zero-order valence-corrected chi connectivity index (χ0v) is 13.1. The Labute approximate surface area is 132 Å². The van der Waals surface area contributed by atoms with Gasteiger partial charge in [-0.3, -0.25) is 4.79 Å². The molecule has 20 heavy (non-hydrogen) atoms. The van der Waals surface area contributed by atoms with Crippen LogP contribution in [0.25, 0.3) is 0 Å². The lowest BCUT2D eigenvalue weighted by atomic mass is 10.1. The predicted molar refractivity (Wildman–Crippen MR) is 88.1 cm³/mol. The highest BCUT2D eigenvalue weighted by atomic mass is 35.5. The minimum atomic E-state index is -0.190. The zero-order valence-electron chi connectivity index (χ0n) is 10.8. The van der Waals surface area contributed by atoms with E-state index in [0.29, 0.717) is 21.3 Å². The normalized spacial score (nSPS) is 10.3. The zero-order chi connectivity index (χ0) is 14.5. The van der Waals surface area contributed by atoms with Crippen molar-refractivity contribution >= 4 is 46.6 Å². The Kier molecular flexibility index (Phi) is 5.35. The lowest BCUT2D eigenvalue weighted by Gasteiger charge is -2.08. The van der Waals surface area contributed by atoms with Crippen molar-refractivity contribution in [2.75, 3.05) is 11.6 Å². The van der Waals surface area contributed by atoms with Gasteiger partial charge in [-0.1, -0.05) is 35.3 Å². The molecule has 0 unspecified atom stereocenters. The summed E-state index contributed by atoms with van der Waals surface area (Å²) in [6.45, 7) is 0. The third kappa shape index (κ3) is 3.92. The second-order valence-corrected chi connectivity index (χ2v) is 5.92. The van der Waals surface area contributed by atoms with Gasteiger partial charge in [-0.25, -0.2) is 0 Å². The van der Waals surface area contributed by atoms with Crippen molar-refractivity contribution in [3.8, 4) is 0 Å². The summed E-state index contributed by atoms with van der Waals surface area (Å²) in [6, 6.07) is 12.5. The maximum Gasteiger partial charge on any atom is 0.255 e. The van der Waals surface area contributed by atoms with Gasteiger partial charge in [0.25, 0.3) is 5.91 Å². The number of benzene rings is 2. The van der Waals surface area contributed by atoms with Crippen molar-refractivity contribution in [1.82, 2.24) is 0 Å². The van der Waals surface area contributed by atoms with E-state index in [1.807, 2.05) is 30.5 Å². The summed E-state index contributed by atoms with van der Waals surface area (Å²) < 4.78 is 0. The van der Waals surface area contributed by atoms with E-state index < -0.39 is 0 Å². The molecule has 2 aromatic carbocycles. The van der Waals surface area contributed by atoms with Crippen molar-refractivity contribution in [3.63, 3.8) is 0 Å². The quantitative estimate of drug-likeness (QED) is 0.846. The molecule has 0 aliphatic heterocycles. The highest BCUT2D eigenvalue weighted by Crippen LogP contribution is 2.25. The number of amides is 1. The van der Waals surface area contributed by atoms with E-state index in [4.69, 9.17) is 23.2 Å². The van der Waals surface area contributed by atoms with Crippen LogP contribution in [0.15, 0.2) is 42.5 Å². The predicted octanol–water partition coefficient (Wildman–Crippen LogP) is 5.11. The molecule has 0 saturated carbocycles. The molecule has 2 aromatic rings. The average Bonchev–Trinajstić information content (AvgIpc) is 2.43. The molecule has 0 heterocycles. The molecule has 0 radical (unpaired) electrons. The summed E-state index contributed by atoms with van der Waals surface area (Å²) >= 11 is 13.6. The van der Waals surface area contributed by atoms with Crippen molar-refractivity contribution in [2.24, 2.45) is 0 Å². The van der Waals surface area contributed by atoms with Crippen LogP contribution in [-0.2, 0) is 5.75 Å². The third-order valence-corrected chi connectivity index (χ3v) is 3.88. The van der Waals surface area contributed by atoms with Crippen LogP contribution in [0.2, 0.25) is 10.0 Å². The van der Waals surface area contributed by atoms with E-state index in [2.05, 4.69) is 5.32 Å². The number of nitrogens with one attached hydrogen (secondary N) is 1. The molecule has 1 amide bonds. The standard InChI is InChI=1S/C15H13Cl2NOS/c1-20-9-10-2-4-11(5-3-10)15(19)18-14-7-6-12(16)8-13(14)17/h2-8H,9H2,1H3,(H,18,19). The molecule has 0 aliphatic carbocycles. The molecule has 0 spiro atoms. The van der Waals surface area contributed by atoms with Crippen LogP contribution >= 0.6 is 35.0 Å². The first kappa shape index (κ1) is 15.2. The maximum atomic E-state index is 12.1. The summed E-state index contributed by atoms with van der Waals surface area (Å²) in [5, 5.41) is 3.73. The van der Waals surface area contributed by atoms with Gasteiger partial charge in [-0.2, -0.15) is 11.8 Å². The average molecular weight is 326 g/mol. The number of hydrogen-bond donors (Lipinski definition) is 1. The smallest absolute Gasteiger partial charge is 0.255 e. The lowest BCUT2D eigenvalue weighted by Crippen LogP contribution is -2.12. The van der Waals surface area contributed by atoms with Gasteiger partial charge >= 0.3 is 0 Å². The number of carbonyl (C=O) groups excluding carboxylic acids is 1. The second kappa shape index (κ2) is 7.02. The second-order valence-electron chi connectivity index (χ2n) is 4.21. The number of halogens is 2. The molecule has 5 heteroatoms. The van der Waals surface area contributed by atoms with E-state index in [0.717, 1.165) is 5.75 Å². The van der Waals surface area contributed by atoms with Crippen LogP contribution < -0.4 is 5.32 Å². The van der Waals surface area contributed by atoms with E-state index >= 15 is 0 Å². The first-order chi connectivity index (χ1) is 9.60. The molecule has 0 aromatic heterocycles. The van der Waals surface area contributed by atoms with Crippen LogP contribution in [0.5, 0.6) is 0 Å². The van der Waals surface area contributed by atoms with Crippen LogP contribution in [0.4, 0.5) is 5.69 Å². The minimum Gasteiger partial charge on any atom is -0.321 e. The Morgan fingerprint density at radius 1 is 1.15 bits per heavy atom. The molecular weight excluding hydrogens is 313 g/mol. The van der Waals surface area contributed by atoms with Gasteiger partial charge in [0.2, 0.25) is 0 Å². The number of thioether (sulfide) groups is 1. The van der Waals surface area contributed by atoms with Crippen molar-refractivity contribution in [2.45, 2.75) is 5.75 Å². The monoisotopic (exact) mass is 325 g/mol. The lowest BCUT2D eigenvalue weighted by molar-refractivity contribution is 0.102. The molecule has 0 atom stereocenters. The number of carbonyl (C=O) groups is 1.